The van der Waals surface area contributed by atoms with Crippen LogP contribution in [0.4, 0.5) is 0 Å². The largest absolute Gasteiger partial charge is 0.394 e. The standard InChI is InChI=1S/C22H42N2O5Si2/c1-14-13-24(19(27)23-17(14)25)15-12-22(28,31(10,11)21(5,6)7)16(29-15)18(26)30(8,9)20(2,3)4/h13,15-16,18,26,28H,12H2,1-11H3,(H,23,25,27)/t15-,16-,18?,22-/m1/s1. The molecule has 4 atom stereocenters. The molecule has 1 unspecified atom stereocenters. The molecule has 1 saturated heterocycles. The predicted molar refractivity (Wildman–Crippen MR) is 130 cm³/mol. The number of aliphatic hydroxyl groups is 2. The van der Waals surface area contributed by atoms with E-state index in [2.05, 4.69) is 72.7 Å². The van der Waals surface area contributed by atoms with Gasteiger partial charge in [-0.15, -0.1) is 0 Å². The van der Waals surface area contributed by atoms with E-state index in [1.54, 1.807) is 6.92 Å². The highest BCUT2D eigenvalue weighted by molar-refractivity contribution is 6.84. The first-order chi connectivity index (χ1) is 13.7. The van der Waals surface area contributed by atoms with Crippen LogP contribution in [0.25, 0.3) is 0 Å². The van der Waals surface area contributed by atoms with Gasteiger partial charge in [0.2, 0.25) is 0 Å². The highest BCUT2D eigenvalue weighted by Crippen LogP contribution is 2.54. The van der Waals surface area contributed by atoms with Crippen molar-refractivity contribution >= 4 is 16.1 Å². The van der Waals surface area contributed by atoms with Gasteiger partial charge in [0.1, 0.15) is 12.3 Å². The van der Waals surface area contributed by atoms with Crippen molar-refractivity contribution in [2.45, 2.75) is 114 Å². The van der Waals surface area contributed by atoms with E-state index in [0.29, 0.717) is 5.56 Å². The molecule has 2 rings (SSSR count). The first kappa shape index (κ1) is 26.2. The molecule has 0 radical (unpaired) electrons. The smallest absolute Gasteiger partial charge is 0.330 e. The zero-order valence-electron chi connectivity index (χ0n) is 21.1. The van der Waals surface area contributed by atoms with Gasteiger partial charge in [0.25, 0.3) is 5.56 Å². The summed E-state index contributed by atoms with van der Waals surface area (Å²) >= 11 is 0. The normalized spacial score (nSPS) is 26.9. The number of ether oxygens (including phenoxy) is 1. The summed E-state index contributed by atoms with van der Waals surface area (Å²) in [6.45, 7) is 22.9. The summed E-state index contributed by atoms with van der Waals surface area (Å²) in [5.74, 6) is 0. The lowest BCUT2D eigenvalue weighted by molar-refractivity contribution is -0.0763. The monoisotopic (exact) mass is 470 g/mol. The Hall–Kier alpha value is -1.01. The third-order valence-corrected chi connectivity index (χ3v) is 20.7. The number of aromatic nitrogens is 2. The second-order valence-electron chi connectivity index (χ2n) is 12.4. The average Bonchev–Trinajstić information content (AvgIpc) is 2.94. The van der Waals surface area contributed by atoms with Gasteiger partial charge >= 0.3 is 5.69 Å². The summed E-state index contributed by atoms with van der Waals surface area (Å²) in [5, 5.41) is 22.4. The Bertz CT molecular complexity index is 939. The molecule has 0 spiro atoms. The average molecular weight is 471 g/mol. The van der Waals surface area contributed by atoms with Crippen LogP contribution >= 0.6 is 0 Å². The van der Waals surface area contributed by atoms with Crippen LogP contribution in [-0.2, 0) is 4.74 Å². The zero-order valence-corrected chi connectivity index (χ0v) is 23.1. The zero-order chi connectivity index (χ0) is 24.4. The summed E-state index contributed by atoms with van der Waals surface area (Å²) in [6, 6.07) is 0. The van der Waals surface area contributed by atoms with Crippen molar-refractivity contribution in [1.82, 2.24) is 9.55 Å². The molecule has 3 N–H and O–H groups in total. The number of nitrogens with one attached hydrogen (secondary N) is 1. The minimum Gasteiger partial charge on any atom is -0.394 e. The number of aromatic amines is 1. The molecule has 2 heterocycles. The number of nitrogens with zero attached hydrogens (tertiary/aromatic N) is 1. The minimum absolute atomic E-state index is 0.117. The quantitative estimate of drug-likeness (QED) is 0.586. The van der Waals surface area contributed by atoms with Crippen molar-refractivity contribution in [2.75, 3.05) is 0 Å². The Morgan fingerprint density at radius 1 is 1.13 bits per heavy atom. The number of rotatable bonds is 4. The fraction of sp³-hybridized carbons (Fsp3) is 0.818. The van der Waals surface area contributed by atoms with Gasteiger partial charge in [-0.25, -0.2) is 4.79 Å². The fourth-order valence-electron chi connectivity index (χ4n) is 4.09. The molecule has 1 aromatic heterocycles. The van der Waals surface area contributed by atoms with Crippen LogP contribution in [-0.4, -0.2) is 53.0 Å². The van der Waals surface area contributed by atoms with E-state index in [-0.39, 0.29) is 16.5 Å². The maximum Gasteiger partial charge on any atom is 0.330 e. The van der Waals surface area contributed by atoms with E-state index in [0.717, 1.165) is 0 Å². The van der Waals surface area contributed by atoms with E-state index in [1.807, 2.05) is 0 Å². The third kappa shape index (κ3) is 4.19. The van der Waals surface area contributed by atoms with E-state index in [9.17, 15) is 19.8 Å². The molecule has 0 amide bonds. The lowest BCUT2D eigenvalue weighted by Gasteiger charge is -2.52. The van der Waals surface area contributed by atoms with Crippen LogP contribution < -0.4 is 11.2 Å². The molecule has 0 saturated carbocycles. The SMILES string of the molecule is Cc1cn([C@H]2C[C@@](O)([Si](C)(C)C(C)(C)C)[C@@H](C(O)[Si](C)(C)C(C)(C)C)O2)c(=O)[nH]c1=O. The van der Waals surface area contributed by atoms with Gasteiger partial charge in [-0.3, -0.25) is 14.3 Å². The molecule has 7 nitrogen and oxygen atoms in total. The summed E-state index contributed by atoms with van der Waals surface area (Å²) in [5.41, 5.74) is -1.43. The van der Waals surface area contributed by atoms with Crippen molar-refractivity contribution in [2.24, 2.45) is 0 Å². The van der Waals surface area contributed by atoms with E-state index < -0.39 is 50.7 Å². The molecule has 1 fully saturated rings. The highest BCUT2D eigenvalue weighted by Gasteiger charge is 2.65. The first-order valence-electron chi connectivity index (χ1n) is 11.1. The van der Waals surface area contributed by atoms with Gasteiger partial charge in [0, 0.05) is 18.2 Å². The summed E-state index contributed by atoms with van der Waals surface area (Å²) in [4.78, 5) is 26.8. The minimum atomic E-state index is -2.47. The lowest BCUT2D eigenvalue weighted by Crippen LogP contribution is -2.69. The molecule has 0 bridgehead atoms. The van der Waals surface area contributed by atoms with Crippen molar-refractivity contribution in [3.63, 3.8) is 0 Å². The number of H-pyrrole nitrogens is 1. The molecule has 1 aromatic rings. The molecular formula is C22H42N2O5Si2. The number of aryl methyl sites for hydroxylation is 1. The summed E-state index contributed by atoms with van der Waals surface area (Å²) < 4.78 is 7.73. The molecule has 178 valence electrons. The van der Waals surface area contributed by atoms with E-state index in [1.165, 1.54) is 10.8 Å². The lowest BCUT2D eigenvalue weighted by atomic mass is 10.1. The molecule has 1 aliphatic heterocycles. The van der Waals surface area contributed by atoms with Crippen LogP contribution in [0.5, 0.6) is 0 Å². The number of aliphatic hydroxyl groups excluding tert-OH is 1. The molecule has 0 aliphatic carbocycles. The fourth-order valence-corrected chi connectivity index (χ4v) is 9.18. The van der Waals surface area contributed by atoms with Crippen LogP contribution in [0.2, 0.25) is 36.3 Å². The van der Waals surface area contributed by atoms with E-state index in [4.69, 9.17) is 4.74 Å². The topological polar surface area (TPSA) is 105 Å². The van der Waals surface area contributed by atoms with Gasteiger partial charge in [0.05, 0.1) is 27.1 Å². The second kappa shape index (κ2) is 7.79. The van der Waals surface area contributed by atoms with Crippen molar-refractivity contribution in [1.29, 1.82) is 0 Å². The van der Waals surface area contributed by atoms with Crippen molar-refractivity contribution < 1.29 is 14.9 Å². The van der Waals surface area contributed by atoms with Crippen LogP contribution in [0.15, 0.2) is 15.8 Å². The van der Waals surface area contributed by atoms with Crippen LogP contribution in [0.3, 0.4) is 0 Å². The molecule has 1 aliphatic rings. The number of hydrogen-bond donors (Lipinski definition) is 3. The molecule has 9 heteroatoms. The molecule has 0 aromatic carbocycles. The van der Waals surface area contributed by atoms with Gasteiger partial charge in [-0.2, -0.15) is 0 Å². The summed E-state index contributed by atoms with van der Waals surface area (Å²) in [6.07, 6.45) is 0.120. The van der Waals surface area contributed by atoms with Gasteiger partial charge in [-0.1, -0.05) is 67.7 Å². The number of hydrogen-bond acceptors (Lipinski definition) is 5. The summed E-state index contributed by atoms with van der Waals surface area (Å²) in [7, 11) is -4.79. The van der Waals surface area contributed by atoms with E-state index >= 15 is 0 Å². The third-order valence-electron chi connectivity index (χ3n) is 8.63. The van der Waals surface area contributed by atoms with Crippen LogP contribution in [0.1, 0.15) is 59.8 Å². The van der Waals surface area contributed by atoms with Gasteiger partial charge in [0.15, 0.2) is 0 Å². The molecule has 31 heavy (non-hydrogen) atoms. The predicted octanol–water partition coefficient (Wildman–Crippen LogP) is 3.32. The Morgan fingerprint density at radius 2 is 1.65 bits per heavy atom. The molecular weight excluding hydrogens is 428 g/mol. The second-order valence-corrected chi connectivity index (χ2v) is 23.6. The Labute approximate surface area is 187 Å². The maximum atomic E-state index is 12.6. The Kier molecular flexibility index (Phi) is 6.60. The Morgan fingerprint density at radius 3 is 2.10 bits per heavy atom. The van der Waals surface area contributed by atoms with Crippen molar-refractivity contribution in [3.05, 3.63) is 32.6 Å². The van der Waals surface area contributed by atoms with Crippen LogP contribution in [0, 0.1) is 6.92 Å². The Balaban J connectivity index is 2.67. The van der Waals surface area contributed by atoms with Gasteiger partial charge in [-0.05, 0) is 17.0 Å². The first-order valence-corrected chi connectivity index (χ1v) is 17.1. The highest BCUT2D eigenvalue weighted by atomic mass is 28.3. The van der Waals surface area contributed by atoms with Crippen molar-refractivity contribution in [3.8, 4) is 0 Å². The van der Waals surface area contributed by atoms with Gasteiger partial charge < -0.3 is 14.9 Å². The maximum absolute atomic E-state index is 12.6.